The van der Waals surface area contributed by atoms with Gasteiger partial charge in [-0.3, -0.25) is 0 Å². The second-order valence-corrected chi connectivity index (χ2v) is 10.3. The summed E-state index contributed by atoms with van der Waals surface area (Å²) in [5, 5.41) is 1.13. The van der Waals surface area contributed by atoms with Crippen LogP contribution in [-0.2, 0) is 13.0 Å². The molecule has 2 aromatic heterocycles. The van der Waals surface area contributed by atoms with E-state index < -0.39 is 0 Å². The fourth-order valence-corrected chi connectivity index (χ4v) is 5.69. The van der Waals surface area contributed by atoms with Gasteiger partial charge in [0.15, 0.2) is 0 Å². The third kappa shape index (κ3) is 4.96. The van der Waals surface area contributed by atoms with E-state index in [9.17, 15) is 0 Å². The molecule has 4 heterocycles. The van der Waals surface area contributed by atoms with Gasteiger partial charge < -0.3 is 15.4 Å². The van der Waals surface area contributed by atoms with Gasteiger partial charge in [-0.2, -0.15) is 0 Å². The average molecular weight is 488 g/mol. The van der Waals surface area contributed by atoms with Crippen LogP contribution in [0.3, 0.4) is 0 Å². The summed E-state index contributed by atoms with van der Waals surface area (Å²) in [6.07, 6.45) is 8.64. The number of rotatable bonds is 5. The van der Waals surface area contributed by atoms with E-state index in [1.165, 1.54) is 22.4 Å². The van der Waals surface area contributed by atoms with Crippen molar-refractivity contribution in [1.82, 2.24) is 14.9 Å². The van der Waals surface area contributed by atoms with Crippen LogP contribution in [0.5, 0.6) is 5.75 Å². The Morgan fingerprint density at radius 2 is 2.03 bits per heavy atom. The zero-order valence-electron chi connectivity index (χ0n) is 20.8. The minimum Gasteiger partial charge on any atom is -0.491 e. The molecule has 0 bridgehead atoms. The Labute approximate surface area is 211 Å². The number of aryl methyl sites for hydroxylation is 1. The normalized spacial score (nSPS) is 16.7. The van der Waals surface area contributed by atoms with Crippen LogP contribution < -0.4 is 10.5 Å². The second kappa shape index (κ2) is 10.2. The molecule has 182 valence electrons. The van der Waals surface area contributed by atoms with Crippen LogP contribution in [-0.4, -0.2) is 33.9 Å². The van der Waals surface area contributed by atoms with Gasteiger partial charge >= 0.3 is 0 Å². The Morgan fingerprint density at radius 1 is 1.14 bits per heavy atom. The van der Waals surface area contributed by atoms with E-state index in [4.69, 9.17) is 15.5 Å². The standard InChI is InChI=1S/C28H33N5OS/c1-4-6-20-15-30-25(29)10-7-18(3)27(20)33-11-12-34-24-9-8-19(13-22(24)17-33)21-14-23-28(31-16-21)35-26(5-2)32-23/h8-9,13-16H,4-7,10-12,17H2,1-3H3,(H2,29,30). The van der Waals surface area contributed by atoms with Crippen LogP contribution in [0.25, 0.3) is 21.5 Å². The minimum atomic E-state index is 0.653. The number of pyridine rings is 1. The van der Waals surface area contributed by atoms with Crippen molar-refractivity contribution in [2.24, 2.45) is 10.7 Å². The molecule has 5 rings (SSSR count). The maximum atomic E-state index is 6.19. The Morgan fingerprint density at radius 3 is 2.86 bits per heavy atom. The molecule has 2 N–H and O–H groups in total. The van der Waals surface area contributed by atoms with E-state index in [2.05, 4.69) is 59.9 Å². The highest BCUT2D eigenvalue weighted by atomic mass is 32.1. The van der Waals surface area contributed by atoms with Crippen molar-refractivity contribution in [2.75, 3.05) is 13.2 Å². The third-order valence-electron chi connectivity index (χ3n) is 6.65. The number of benzene rings is 1. The van der Waals surface area contributed by atoms with Crippen molar-refractivity contribution in [3.8, 4) is 16.9 Å². The van der Waals surface area contributed by atoms with Crippen molar-refractivity contribution in [2.45, 2.75) is 59.4 Å². The van der Waals surface area contributed by atoms with Crippen molar-refractivity contribution in [3.05, 3.63) is 64.1 Å². The van der Waals surface area contributed by atoms with Gasteiger partial charge in [0, 0.05) is 42.2 Å². The molecule has 2 aliphatic heterocycles. The molecule has 0 amide bonds. The summed E-state index contributed by atoms with van der Waals surface area (Å²) in [5.74, 6) is 1.67. The van der Waals surface area contributed by atoms with E-state index in [0.717, 1.165) is 77.4 Å². The predicted octanol–water partition coefficient (Wildman–Crippen LogP) is 6.22. The fourth-order valence-electron chi connectivity index (χ4n) is 4.86. The Balaban J connectivity index is 1.50. The maximum Gasteiger partial charge on any atom is 0.143 e. The summed E-state index contributed by atoms with van der Waals surface area (Å²) < 4.78 is 6.19. The molecule has 3 aromatic rings. The predicted molar refractivity (Wildman–Crippen MR) is 145 cm³/mol. The minimum absolute atomic E-state index is 0.653. The largest absolute Gasteiger partial charge is 0.491 e. The molecule has 0 saturated carbocycles. The Hall–Kier alpha value is -3.19. The van der Waals surface area contributed by atoms with Crippen molar-refractivity contribution >= 4 is 27.5 Å². The molecule has 7 heteroatoms. The van der Waals surface area contributed by atoms with Gasteiger partial charge in [0.1, 0.15) is 22.7 Å². The van der Waals surface area contributed by atoms with Crippen molar-refractivity contribution < 1.29 is 4.74 Å². The highest BCUT2D eigenvalue weighted by Gasteiger charge is 2.23. The number of allylic oxidation sites excluding steroid dienone is 2. The van der Waals surface area contributed by atoms with E-state index in [1.807, 2.05) is 12.4 Å². The van der Waals surface area contributed by atoms with Crippen molar-refractivity contribution in [1.29, 1.82) is 0 Å². The monoisotopic (exact) mass is 487 g/mol. The first-order chi connectivity index (χ1) is 17.1. The summed E-state index contributed by atoms with van der Waals surface area (Å²) in [6, 6.07) is 8.64. The molecule has 6 nitrogen and oxygen atoms in total. The zero-order chi connectivity index (χ0) is 24.4. The smallest absolute Gasteiger partial charge is 0.143 e. The number of ether oxygens (including phenoxy) is 1. The lowest BCUT2D eigenvalue weighted by Gasteiger charge is -2.30. The number of aromatic nitrogens is 2. The summed E-state index contributed by atoms with van der Waals surface area (Å²) in [4.78, 5) is 17.4. The topological polar surface area (TPSA) is 76.6 Å². The molecular weight excluding hydrogens is 454 g/mol. The quantitative estimate of drug-likeness (QED) is 0.462. The fraction of sp³-hybridized carbons (Fsp3) is 0.393. The SMILES string of the molecule is CCCC1=CN=C(N)CCC(C)=C1N1CCOc2ccc(-c3cnc4sc(CC)nc4c3)cc2C1. The number of thiazole rings is 1. The second-order valence-electron chi connectivity index (χ2n) is 9.26. The van der Waals surface area contributed by atoms with E-state index in [0.29, 0.717) is 12.4 Å². The highest BCUT2D eigenvalue weighted by Crippen LogP contribution is 2.35. The number of hydrogen-bond donors (Lipinski definition) is 1. The molecule has 0 saturated heterocycles. The molecule has 0 atom stereocenters. The van der Waals surface area contributed by atoms with Gasteiger partial charge in [-0.15, -0.1) is 0 Å². The van der Waals surface area contributed by atoms with Gasteiger partial charge in [-0.25, -0.2) is 15.0 Å². The van der Waals surface area contributed by atoms with Crippen LogP contribution in [0.4, 0.5) is 0 Å². The van der Waals surface area contributed by atoms with Crippen LogP contribution in [0.1, 0.15) is 57.0 Å². The van der Waals surface area contributed by atoms with Crippen LogP contribution in [0.15, 0.2) is 58.5 Å². The Bertz CT molecular complexity index is 1340. The lowest BCUT2D eigenvalue weighted by atomic mass is 9.97. The van der Waals surface area contributed by atoms with Gasteiger partial charge in [0.25, 0.3) is 0 Å². The average Bonchev–Trinajstić information content (AvgIpc) is 3.17. The Kier molecular flexibility index (Phi) is 6.86. The number of hydrogen-bond acceptors (Lipinski definition) is 7. The first-order valence-electron chi connectivity index (χ1n) is 12.5. The van der Waals surface area contributed by atoms with Gasteiger partial charge in [-0.05, 0) is 61.1 Å². The lowest BCUT2D eigenvalue weighted by molar-refractivity contribution is 0.264. The number of amidine groups is 1. The van der Waals surface area contributed by atoms with Crippen LogP contribution >= 0.6 is 11.3 Å². The van der Waals surface area contributed by atoms with E-state index >= 15 is 0 Å². The molecule has 0 unspecified atom stereocenters. The van der Waals surface area contributed by atoms with Crippen molar-refractivity contribution in [3.63, 3.8) is 0 Å². The van der Waals surface area contributed by atoms with E-state index in [-0.39, 0.29) is 0 Å². The molecule has 1 aromatic carbocycles. The van der Waals surface area contributed by atoms with Gasteiger partial charge in [0.05, 0.1) is 17.4 Å². The molecule has 0 radical (unpaired) electrons. The maximum absolute atomic E-state index is 6.19. The summed E-state index contributed by atoms with van der Waals surface area (Å²) in [7, 11) is 0. The molecule has 35 heavy (non-hydrogen) atoms. The van der Waals surface area contributed by atoms with Crippen LogP contribution in [0, 0.1) is 0 Å². The first kappa shape index (κ1) is 23.5. The number of aliphatic imine (C=N–C) groups is 1. The third-order valence-corrected chi connectivity index (χ3v) is 7.78. The molecular formula is C28H33N5OS. The molecule has 2 aliphatic rings. The number of fused-ring (bicyclic) bond motifs is 2. The summed E-state index contributed by atoms with van der Waals surface area (Å²) >= 11 is 1.67. The highest BCUT2D eigenvalue weighted by molar-refractivity contribution is 7.18. The van der Waals surface area contributed by atoms with Gasteiger partial charge in [-0.1, -0.05) is 37.7 Å². The zero-order valence-corrected chi connectivity index (χ0v) is 21.6. The summed E-state index contributed by atoms with van der Waals surface area (Å²) in [5.41, 5.74) is 14.4. The molecule has 0 fully saturated rings. The van der Waals surface area contributed by atoms with Crippen LogP contribution in [0.2, 0.25) is 0 Å². The van der Waals surface area contributed by atoms with Gasteiger partial charge in [0.2, 0.25) is 0 Å². The first-order valence-corrected chi connectivity index (χ1v) is 13.3. The lowest BCUT2D eigenvalue weighted by Crippen LogP contribution is -2.28. The molecule has 0 spiro atoms. The molecule has 0 aliphatic carbocycles. The van der Waals surface area contributed by atoms with E-state index in [1.54, 1.807) is 11.3 Å². The summed E-state index contributed by atoms with van der Waals surface area (Å²) in [6.45, 7) is 8.86. The number of nitrogens with zero attached hydrogens (tertiary/aromatic N) is 4. The number of nitrogens with two attached hydrogens (primary N) is 1.